The first-order chi connectivity index (χ1) is 8.04. The zero-order valence-electron chi connectivity index (χ0n) is 9.50. The highest BCUT2D eigenvalue weighted by Crippen LogP contribution is 2.17. The maximum absolute atomic E-state index is 13.4. The monoisotopic (exact) mass is 244 g/mol. The van der Waals surface area contributed by atoms with Crippen LogP contribution in [-0.2, 0) is 22.6 Å². The van der Waals surface area contributed by atoms with Gasteiger partial charge in [0.1, 0.15) is 11.6 Å². The third-order valence-electron chi connectivity index (χ3n) is 2.35. The van der Waals surface area contributed by atoms with Gasteiger partial charge in [-0.05, 0) is 30.5 Å². The lowest BCUT2D eigenvalue weighted by atomic mass is 10.1. The summed E-state index contributed by atoms with van der Waals surface area (Å²) in [6.45, 7) is -0.118. The molecular formula is C12H14F2O3. The van der Waals surface area contributed by atoms with E-state index in [-0.39, 0.29) is 18.6 Å². The Balaban J connectivity index is 2.72. The number of hydrogen-bond donors (Lipinski definition) is 1. The van der Waals surface area contributed by atoms with Crippen molar-refractivity contribution in [3.63, 3.8) is 0 Å². The molecule has 94 valence electrons. The van der Waals surface area contributed by atoms with Crippen LogP contribution in [0.25, 0.3) is 0 Å². The second-order valence-corrected chi connectivity index (χ2v) is 3.72. The van der Waals surface area contributed by atoms with E-state index in [0.29, 0.717) is 18.4 Å². The molecule has 1 rings (SSSR count). The summed E-state index contributed by atoms with van der Waals surface area (Å²) >= 11 is 0. The van der Waals surface area contributed by atoms with Crippen LogP contribution in [-0.4, -0.2) is 18.2 Å². The van der Waals surface area contributed by atoms with Gasteiger partial charge in [-0.2, -0.15) is 0 Å². The summed E-state index contributed by atoms with van der Waals surface area (Å²) in [4.78, 5) is 10.3. The maximum Gasteiger partial charge on any atom is 0.303 e. The molecular weight excluding hydrogens is 230 g/mol. The number of carboxylic acids is 1. The molecule has 0 aliphatic rings. The van der Waals surface area contributed by atoms with E-state index in [9.17, 15) is 13.6 Å². The summed E-state index contributed by atoms with van der Waals surface area (Å²) in [6.07, 6.45) is 0.689. The zero-order chi connectivity index (χ0) is 12.8. The van der Waals surface area contributed by atoms with E-state index in [1.165, 1.54) is 19.2 Å². The van der Waals surface area contributed by atoms with Gasteiger partial charge in [0.15, 0.2) is 0 Å². The van der Waals surface area contributed by atoms with Crippen LogP contribution >= 0.6 is 0 Å². The van der Waals surface area contributed by atoms with E-state index < -0.39 is 17.6 Å². The van der Waals surface area contributed by atoms with Crippen molar-refractivity contribution in [1.82, 2.24) is 0 Å². The van der Waals surface area contributed by atoms with E-state index in [4.69, 9.17) is 5.11 Å². The minimum absolute atomic E-state index is 0.0109. The number of halogens is 2. The van der Waals surface area contributed by atoms with Gasteiger partial charge in [-0.1, -0.05) is 0 Å². The van der Waals surface area contributed by atoms with Crippen LogP contribution < -0.4 is 0 Å². The Kier molecular flexibility index (Phi) is 5.03. The van der Waals surface area contributed by atoms with Crippen LogP contribution in [0.1, 0.15) is 24.0 Å². The SMILES string of the molecule is COCc1c(F)cc(CCCC(=O)O)cc1F. The highest BCUT2D eigenvalue weighted by atomic mass is 19.1. The van der Waals surface area contributed by atoms with E-state index >= 15 is 0 Å². The average molecular weight is 244 g/mol. The Morgan fingerprint density at radius 1 is 1.35 bits per heavy atom. The number of ether oxygens (including phenoxy) is 1. The highest BCUT2D eigenvalue weighted by Gasteiger charge is 2.11. The topological polar surface area (TPSA) is 46.5 Å². The lowest BCUT2D eigenvalue weighted by molar-refractivity contribution is -0.137. The fourth-order valence-electron chi connectivity index (χ4n) is 1.53. The number of aryl methyl sites for hydroxylation is 1. The van der Waals surface area contributed by atoms with E-state index in [1.807, 2.05) is 0 Å². The minimum Gasteiger partial charge on any atom is -0.481 e. The van der Waals surface area contributed by atoms with Crippen LogP contribution in [0.15, 0.2) is 12.1 Å². The molecule has 0 aliphatic heterocycles. The minimum atomic E-state index is -0.915. The van der Waals surface area contributed by atoms with Crippen molar-refractivity contribution in [3.05, 3.63) is 34.9 Å². The maximum atomic E-state index is 13.4. The van der Waals surface area contributed by atoms with Gasteiger partial charge in [-0.25, -0.2) is 8.78 Å². The molecule has 1 N–H and O–H groups in total. The van der Waals surface area contributed by atoms with Gasteiger partial charge in [0.25, 0.3) is 0 Å². The number of aliphatic carboxylic acids is 1. The fraction of sp³-hybridized carbons (Fsp3) is 0.417. The Hall–Kier alpha value is -1.49. The van der Waals surface area contributed by atoms with Crippen molar-refractivity contribution < 1.29 is 23.4 Å². The number of benzene rings is 1. The predicted molar refractivity (Wildman–Crippen MR) is 57.6 cm³/mol. The van der Waals surface area contributed by atoms with Gasteiger partial charge in [0.2, 0.25) is 0 Å². The first-order valence-corrected chi connectivity index (χ1v) is 5.22. The molecule has 0 saturated carbocycles. The molecule has 17 heavy (non-hydrogen) atoms. The third kappa shape index (κ3) is 4.11. The molecule has 0 unspecified atom stereocenters. The second-order valence-electron chi connectivity index (χ2n) is 3.72. The normalized spacial score (nSPS) is 10.5. The standard InChI is InChI=1S/C12H14F2O3/c1-17-7-9-10(13)5-8(6-11(9)14)3-2-4-12(15)16/h5-6H,2-4,7H2,1H3,(H,15,16). The van der Waals surface area contributed by atoms with Crippen molar-refractivity contribution in [2.24, 2.45) is 0 Å². The number of methoxy groups -OCH3 is 1. The molecule has 0 fully saturated rings. The summed E-state index contributed by atoms with van der Waals surface area (Å²) in [5.74, 6) is -2.23. The van der Waals surface area contributed by atoms with Gasteiger partial charge in [-0.15, -0.1) is 0 Å². The first-order valence-electron chi connectivity index (χ1n) is 5.22. The van der Waals surface area contributed by atoms with Crippen LogP contribution in [0.4, 0.5) is 8.78 Å². The number of hydrogen-bond acceptors (Lipinski definition) is 2. The van der Waals surface area contributed by atoms with Crippen molar-refractivity contribution in [3.8, 4) is 0 Å². The largest absolute Gasteiger partial charge is 0.481 e. The van der Waals surface area contributed by atoms with Crippen LogP contribution in [0.3, 0.4) is 0 Å². The van der Waals surface area contributed by atoms with Crippen LogP contribution in [0.5, 0.6) is 0 Å². The molecule has 0 heterocycles. The molecule has 0 saturated heterocycles. The van der Waals surface area contributed by atoms with Crippen LogP contribution in [0, 0.1) is 11.6 Å². The van der Waals surface area contributed by atoms with E-state index in [1.54, 1.807) is 0 Å². The van der Waals surface area contributed by atoms with E-state index in [2.05, 4.69) is 4.74 Å². The summed E-state index contributed by atoms with van der Waals surface area (Å²) in [6, 6.07) is 2.44. The molecule has 1 aromatic carbocycles. The van der Waals surface area contributed by atoms with Crippen molar-refractivity contribution in [1.29, 1.82) is 0 Å². The Bertz CT molecular complexity index is 382. The molecule has 3 nitrogen and oxygen atoms in total. The van der Waals surface area contributed by atoms with Gasteiger partial charge in [0, 0.05) is 19.1 Å². The quantitative estimate of drug-likeness (QED) is 0.836. The molecule has 5 heteroatoms. The van der Waals surface area contributed by atoms with Crippen molar-refractivity contribution in [2.75, 3.05) is 7.11 Å². The first kappa shape index (κ1) is 13.6. The molecule has 0 radical (unpaired) electrons. The zero-order valence-corrected chi connectivity index (χ0v) is 9.50. The Morgan fingerprint density at radius 2 is 1.94 bits per heavy atom. The molecule has 1 aromatic rings. The number of carbonyl (C=O) groups is 1. The summed E-state index contributed by atoms with van der Waals surface area (Å²) in [5, 5.41) is 8.45. The average Bonchev–Trinajstić information content (AvgIpc) is 2.23. The van der Waals surface area contributed by atoms with Gasteiger partial charge in [0.05, 0.1) is 6.61 Å². The van der Waals surface area contributed by atoms with Gasteiger partial charge in [-0.3, -0.25) is 4.79 Å². The third-order valence-corrected chi connectivity index (χ3v) is 2.35. The summed E-state index contributed by atoms with van der Waals surface area (Å²) in [7, 11) is 1.36. The molecule has 0 spiro atoms. The summed E-state index contributed by atoms with van der Waals surface area (Å²) < 4.78 is 31.6. The molecule has 0 amide bonds. The smallest absolute Gasteiger partial charge is 0.303 e. The lowest BCUT2D eigenvalue weighted by Gasteiger charge is -2.07. The number of rotatable bonds is 6. The molecule has 0 aliphatic carbocycles. The van der Waals surface area contributed by atoms with Crippen LogP contribution in [0.2, 0.25) is 0 Å². The van der Waals surface area contributed by atoms with Crippen molar-refractivity contribution in [2.45, 2.75) is 25.9 Å². The van der Waals surface area contributed by atoms with Gasteiger partial charge < -0.3 is 9.84 Å². The van der Waals surface area contributed by atoms with E-state index in [0.717, 1.165) is 0 Å². The van der Waals surface area contributed by atoms with Gasteiger partial charge >= 0.3 is 5.97 Å². The molecule has 0 atom stereocenters. The highest BCUT2D eigenvalue weighted by molar-refractivity contribution is 5.66. The second kappa shape index (κ2) is 6.30. The Morgan fingerprint density at radius 3 is 2.41 bits per heavy atom. The Labute approximate surface area is 98.0 Å². The number of carboxylic acid groups (broad SMARTS) is 1. The van der Waals surface area contributed by atoms with Crippen molar-refractivity contribution >= 4 is 5.97 Å². The molecule has 0 bridgehead atoms. The molecule has 0 aromatic heterocycles. The predicted octanol–water partition coefficient (Wildman–Crippen LogP) is 2.52. The summed E-state index contributed by atoms with van der Waals surface area (Å²) in [5.41, 5.74) is 0.357. The fourth-order valence-corrected chi connectivity index (χ4v) is 1.53. The lowest BCUT2D eigenvalue weighted by Crippen LogP contribution is -2.01.